The first-order valence-electron chi connectivity index (χ1n) is 6.57. The van der Waals surface area contributed by atoms with Gasteiger partial charge in [-0.2, -0.15) is 0 Å². The number of carbonyl (C=O) groups excluding carboxylic acids is 1. The predicted molar refractivity (Wildman–Crippen MR) is 75.3 cm³/mol. The number of amides is 1. The Kier molecular flexibility index (Phi) is 2.70. The fourth-order valence-corrected chi connectivity index (χ4v) is 2.19. The highest BCUT2D eigenvalue weighted by molar-refractivity contribution is 6.01. The van der Waals surface area contributed by atoms with Crippen LogP contribution in [0.1, 0.15) is 30.1 Å². The molecule has 3 nitrogen and oxygen atoms in total. The third-order valence-corrected chi connectivity index (χ3v) is 3.89. The Morgan fingerprint density at radius 1 is 1.26 bits per heavy atom. The minimum absolute atomic E-state index is 0.0390. The summed E-state index contributed by atoms with van der Waals surface area (Å²) >= 11 is 0. The van der Waals surface area contributed by atoms with Crippen LogP contribution in [-0.4, -0.2) is 17.6 Å². The zero-order valence-electron chi connectivity index (χ0n) is 10.9. The minimum atomic E-state index is -0.198. The maximum atomic E-state index is 12.1. The molecule has 1 fully saturated rings. The molecule has 0 atom stereocenters. The molecule has 98 valence electrons. The van der Waals surface area contributed by atoms with Crippen LogP contribution in [0.3, 0.4) is 0 Å². The SMILES string of the molecule is CC1(CNC(=O)c2cc3ccccc3cc2O)CC1. The molecule has 2 aromatic rings. The molecular weight excluding hydrogens is 238 g/mol. The summed E-state index contributed by atoms with van der Waals surface area (Å²) in [5.74, 6) is -0.159. The lowest BCUT2D eigenvalue weighted by Gasteiger charge is -2.11. The average Bonchev–Trinajstić information content (AvgIpc) is 3.14. The molecule has 3 heteroatoms. The molecule has 0 radical (unpaired) electrons. The van der Waals surface area contributed by atoms with Crippen LogP contribution in [-0.2, 0) is 0 Å². The van der Waals surface area contributed by atoms with Gasteiger partial charge in [-0.1, -0.05) is 31.2 Å². The lowest BCUT2D eigenvalue weighted by Crippen LogP contribution is -2.29. The van der Waals surface area contributed by atoms with Crippen molar-refractivity contribution in [2.24, 2.45) is 5.41 Å². The van der Waals surface area contributed by atoms with Gasteiger partial charge in [0.05, 0.1) is 5.56 Å². The van der Waals surface area contributed by atoms with Crippen molar-refractivity contribution >= 4 is 16.7 Å². The second-order valence-electron chi connectivity index (χ2n) is 5.71. The summed E-state index contributed by atoms with van der Waals surface area (Å²) in [6.07, 6.45) is 2.33. The van der Waals surface area contributed by atoms with Crippen LogP contribution >= 0.6 is 0 Å². The van der Waals surface area contributed by atoms with E-state index in [9.17, 15) is 9.90 Å². The second-order valence-corrected chi connectivity index (χ2v) is 5.71. The van der Waals surface area contributed by atoms with Crippen LogP contribution in [0.25, 0.3) is 10.8 Å². The number of phenolic OH excluding ortho intramolecular Hbond substituents is 1. The van der Waals surface area contributed by atoms with Crippen LogP contribution in [0, 0.1) is 5.41 Å². The number of aromatic hydroxyl groups is 1. The maximum absolute atomic E-state index is 12.1. The fraction of sp³-hybridized carbons (Fsp3) is 0.312. The van der Waals surface area contributed by atoms with E-state index in [0.29, 0.717) is 12.1 Å². The number of hydrogen-bond donors (Lipinski definition) is 2. The van der Waals surface area contributed by atoms with E-state index < -0.39 is 0 Å². The Hall–Kier alpha value is -2.03. The van der Waals surface area contributed by atoms with Crippen molar-refractivity contribution in [2.75, 3.05) is 6.54 Å². The van der Waals surface area contributed by atoms with Gasteiger partial charge in [0.1, 0.15) is 5.75 Å². The van der Waals surface area contributed by atoms with Gasteiger partial charge in [-0.15, -0.1) is 0 Å². The Bertz CT molecular complexity index is 644. The summed E-state index contributed by atoms with van der Waals surface area (Å²) < 4.78 is 0. The zero-order chi connectivity index (χ0) is 13.5. The molecule has 1 aliphatic rings. The highest BCUT2D eigenvalue weighted by atomic mass is 16.3. The molecule has 0 saturated heterocycles. The average molecular weight is 255 g/mol. The zero-order valence-corrected chi connectivity index (χ0v) is 10.9. The third kappa shape index (κ3) is 2.41. The minimum Gasteiger partial charge on any atom is -0.507 e. The Labute approximate surface area is 112 Å². The first kappa shape index (κ1) is 12.0. The normalized spacial score (nSPS) is 16.3. The summed E-state index contributed by atoms with van der Waals surface area (Å²) in [7, 11) is 0. The van der Waals surface area contributed by atoms with E-state index in [2.05, 4.69) is 12.2 Å². The molecule has 1 saturated carbocycles. The monoisotopic (exact) mass is 255 g/mol. The molecule has 0 heterocycles. The molecule has 0 aromatic heterocycles. The van der Waals surface area contributed by atoms with Crippen LogP contribution in [0.5, 0.6) is 5.75 Å². The second kappa shape index (κ2) is 4.26. The van der Waals surface area contributed by atoms with Crippen molar-refractivity contribution in [2.45, 2.75) is 19.8 Å². The van der Waals surface area contributed by atoms with E-state index in [1.807, 2.05) is 24.3 Å². The van der Waals surface area contributed by atoms with Crippen LogP contribution in [0.4, 0.5) is 0 Å². The van der Waals surface area contributed by atoms with Crippen molar-refractivity contribution in [3.05, 3.63) is 42.0 Å². The van der Waals surface area contributed by atoms with Crippen molar-refractivity contribution in [3.63, 3.8) is 0 Å². The van der Waals surface area contributed by atoms with Gasteiger partial charge >= 0.3 is 0 Å². The molecular formula is C16H17NO2. The molecule has 2 N–H and O–H groups in total. The van der Waals surface area contributed by atoms with Gasteiger partial charge in [-0.3, -0.25) is 4.79 Å². The Balaban J connectivity index is 1.86. The van der Waals surface area contributed by atoms with E-state index in [1.165, 1.54) is 0 Å². The third-order valence-electron chi connectivity index (χ3n) is 3.89. The Morgan fingerprint density at radius 3 is 2.53 bits per heavy atom. The predicted octanol–water partition coefficient (Wildman–Crippen LogP) is 3.08. The fourth-order valence-electron chi connectivity index (χ4n) is 2.19. The standard InChI is InChI=1S/C16H17NO2/c1-16(6-7-16)10-17-15(19)13-8-11-4-2-3-5-12(11)9-14(13)18/h2-5,8-9,18H,6-7,10H2,1H3,(H,17,19). The van der Waals surface area contributed by atoms with E-state index in [-0.39, 0.29) is 17.1 Å². The number of rotatable bonds is 3. The van der Waals surface area contributed by atoms with E-state index in [4.69, 9.17) is 0 Å². The Morgan fingerprint density at radius 2 is 1.89 bits per heavy atom. The summed E-state index contributed by atoms with van der Waals surface area (Å²) in [6, 6.07) is 11.1. The van der Waals surface area contributed by atoms with Gasteiger partial charge in [-0.05, 0) is 41.2 Å². The van der Waals surface area contributed by atoms with Crippen LogP contribution < -0.4 is 5.32 Å². The topological polar surface area (TPSA) is 49.3 Å². The van der Waals surface area contributed by atoms with Gasteiger partial charge in [0.15, 0.2) is 0 Å². The molecule has 0 unspecified atom stereocenters. The summed E-state index contributed by atoms with van der Waals surface area (Å²) in [6.45, 7) is 2.84. The van der Waals surface area contributed by atoms with Gasteiger partial charge in [-0.25, -0.2) is 0 Å². The highest BCUT2D eigenvalue weighted by Crippen LogP contribution is 2.44. The smallest absolute Gasteiger partial charge is 0.255 e. The number of hydrogen-bond acceptors (Lipinski definition) is 2. The first-order chi connectivity index (χ1) is 9.07. The molecule has 0 spiro atoms. The van der Waals surface area contributed by atoms with E-state index >= 15 is 0 Å². The maximum Gasteiger partial charge on any atom is 0.255 e. The number of carbonyl (C=O) groups is 1. The highest BCUT2D eigenvalue weighted by Gasteiger charge is 2.37. The number of fused-ring (bicyclic) bond motifs is 1. The number of nitrogens with one attached hydrogen (secondary N) is 1. The molecule has 1 aliphatic carbocycles. The van der Waals surface area contributed by atoms with Crippen LogP contribution in [0.2, 0.25) is 0 Å². The van der Waals surface area contributed by atoms with Crippen molar-refractivity contribution in [3.8, 4) is 5.75 Å². The lowest BCUT2D eigenvalue weighted by molar-refractivity contribution is 0.0943. The van der Waals surface area contributed by atoms with Gasteiger partial charge in [0.2, 0.25) is 0 Å². The quantitative estimate of drug-likeness (QED) is 0.885. The van der Waals surface area contributed by atoms with Crippen molar-refractivity contribution < 1.29 is 9.90 Å². The first-order valence-corrected chi connectivity index (χ1v) is 6.57. The van der Waals surface area contributed by atoms with Gasteiger partial charge < -0.3 is 10.4 Å². The van der Waals surface area contributed by atoms with Gasteiger partial charge in [0, 0.05) is 6.54 Å². The van der Waals surface area contributed by atoms with Crippen LogP contribution in [0.15, 0.2) is 36.4 Å². The lowest BCUT2D eigenvalue weighted by atomic mass is 10.0. The number of phenols is 1. The van der Waals surface area contributed by atoms with E-state index in [0.717, 1.165) is 23.6 Å². The summed E-state index contributed by atoms with van der Waals surface area (Å²) in [4.78, 5) is 12.1. The van der Waals surface area contributed by atoms with Crippen molar-refractivity contribution in [1.29, 1.82) is 0 Å². The summed E-state index contributed by atoms with van der Waals surface area (Å²) in [5.41, 5.74) is 0.616. The molecule has 0 aliphatic heterocycles. The molecule has 19 heavy (non-hydrogen) atoms. The van der Waals surface area contributed by atoms with E-state index in [1.54, 1.807) is 12.1 Å². The van der Waals surface area contributed by atoms with Gasteiger partial charge in [0.25, 0.3) is 5.91 Å². The number of benzene rings is 2. The molecule has 3 rings (SSSR count). The largest absolute Gasteiger partial charge is 0.507 e. The van der Waals surface area contributed by atoms with Crippen molar-refractivity contribution in [1.82, 2.24) is 5.32 Å². The molecule has 0 bridgehead atoms. The molecule has 1 amide bonds. The summed E-state index contributed by atoms with van der Waals surface area (Å²) in [5, 5.41) is 14.8. The molecule has 2 aromatic carbocycles.